The van der Waals surface area contributed by atoms with E-state index in [1.54, 1.807) is 12.1 Å². The largest absolute Gasteiger partial charge is 0.504 e. The van der Waals surface area contributed by atoms with E-state index in [4.69, 9.17) is 19.0 Å². The molecule has 2 aromatic rings. The first-order valence-corrected chi connectivity index (χ1v) is 9.02. The number of unbranched alkanes of at least 4 members (excludes halogenated alkanes) is 4. The third-order valence-corrected chi connectivity index (χ3v) is 3.89. The predicted molar refractivity (Wildman–Crippen MR) is 99.9 cm³/mol. The Morgan fingerprint density at radius 2 is 2.04 bits per heavy atom. The molecular weight excluding hydrogens is 336 g/mol. The number of ether oxygens (including phenoxy) is 2. The zero-order chi connectivity index (χ0) is 18.8. The number of hydrogen-bond donors (Lipinski definition) is 2. The van der Waals surface area contributed by atoms with Crippen LogP contribution in [0.15, 0.2) is 39.7 Å². The second-order valence-electron chi connectivity index (χ2n) is 5.99. The van der Waals surface area contributed by atoms with Crippen molar-refractivity contribution >= 4 is 11.0 Å². The van der Waals surface area contributed by atoms with Crippen LogP contribution < -0.4 is 15.1 Å². The SMILES string of the molecule is CCCCCCC=COc1c(O)c2ccc(OCCCO)cc2oc1=O. The fourth-order valence-electron chi connectivity index (χ4n) is 2.47. The molecule has 0 aliphatic carbocycles. The van der Waals surface area contributed by atoms with Crippen LogP contribution in [-0.4, -0.2) is 23.4 Å². The van der Waals surface area contributed by atoms with Crippen LogP contribution >= 0.6 is 0 Å². The first-order chi connectivity index (χ1) is 12.7. The summed E-state index contributed by atoms with van der Waals surface area (Å²) < 4.78 is 16.0. The fourth-order valence-corrected chi connectivity index (χ4v) is 2.47. The third kappa shape index (κ3) is 5.52. The van der Waals surface area contributed by atoms with Gasteiger partial charge in [0.2, 0.25) is 0 Å². The van der Waals surface area contributed by atoms with Crippen LogP contribution in [0.5, 0.6) is 17.2 Å². The summed E-state index contributed by atoms with van der Waals surface area (Å²) in [6, 6.07) is 4.79. The summed E-state index contributed by atoms with van der Waals surface area (Å²) in [5.41, 5.74) is -0.539. The minimum Gasteiger partial charge on any atom is -0.504 e. The second kappa shape index (κ2) is 10.5. The van der Waals surface area contributed by atoms with Crippen LogP contribution in [0.1, 0.15) is 45.4 Å². The van der Waals surface area contributed by atoms with Gasteiger partial charge in [-0.2, -0.15) is 0 Å². The van der Waals surface area contributed by atoms with Crippen LogP contribution in [0.3, 0.4) is 0 Å². The van der Waals surface area contributed by atoms with E-state index in [1.807, 2.05) is 6.08 Å². The number of aromatic hydroxyl groups is 1. The van der Waals surface area contributed by atoms with Gasteiger partial charge in [0.15, 0.2) is 5.75 Å². The zero-order valence-corrected chi connectivity index (χ0v) is 15.1. The van der Waals surface area contributed by atoms with Crippen molar-refractivity contribution in [1.82, 2.24) is 0 Å². The van der Waals surface area contributed by atoms with E-state index in [0.717, 1.165) is 19.3 Å². The molecule has 0 radical (unpaired) electrons. The molecule has 2 N–H and O–H groups in total. The van der Waals surface area contributed by atoms with Gasteiger partial charge in [-0.25, -0.2) is 4.79 Å². The van der Waals surface area contributed by atoms with Crippen molar-refractivity contribution in [2.24, 2.45) is 0 Å². The highest BCUT2D eigenvalue weighted by atomic mass is 16.5. The average Bonchev–Trinajstić information content (AvgIpc) is 2.63. The molecule has 0 amide bonds. The lowest BCUT2D eigenvalue weighted by Crippen LogP contribution is -2.04. The van der Waals surface area contributed by atoms with Crippen LogP contribution in [0.25, 0.3) is 11.0 Å². The van der Waals surface area contributed by atoms with Crippen molar-refractivity contribution in [3.63, 3.8) is 0 Å². The standard InChI is InChI=1S/C20H26O6/c1-2-3-4-5-6-7-12-25-19-18(22)16-10-9-15(24-13-8-11-21)14-17(16)26-20(19)23/h7,9-10,12,14,21-22H,2-6,8,11,13H2,1H3. The van der Waals surface area contributed by atoms with Gasteiger partial charge < -0.3 is 24.1 Å². The second-order valence-corrected chi connectivity index (χ2v) is 5.99. The summed E-state index contributed by atoms with van der Waals surface area (Å²) in [5.74, 6) is 0.0131. The number of hydrogen-bond acceptors (Lipinski definition) is 6. The summed E-state index contributed by atoms with van der Waals surface area (Å²) in [6.45, 7) is 2.55. The van der Waals surface area contributed by atoms with Gasteiger partial charge in [-0.05, 0) is 31.1 Å². The van der Waals surface area contributed by atoms with E-state index in [1.165, 1.54) is 25.2 Å². The van der Waals surface area contributed by atoms with Crippen LogP contribution in [0.4, 0.5) is 0 Å². The number of benzene rings is 1. The molecule has 142 valence electrons. The van der Waals surface area contributed by atoms with E-state index < -0.39 is 5.63 Å². The highest BCUT2D eigenvalue weighted by Gasteiger charge is 2.15. The Hall–Kier alpha value is -2.47. The smallest absolute Gasteiger partial charge is 0.383 e. The fraction of sp³-hybridized carbons (Fsp3) is 0.450. The van der Waals surface area contributed by atoms with E-state index in [2.05, 4.69) is 6.92 Å². The van der Waals surface area contributed by atoms with Crippen molar-refractivity contribution in [3.8, 4) is 17.2 Å². The summed E-state index contributed by atoms with van der Waals surface area (Å²) in [5, 5.41) is 19.5. The predicted octanol–water partition coefficient (Wildman–Crippen LogP) is 4.12. The van der Waals surface area contributed by atoms with Gasteiger partial charge in [-0.15, -0.1) is 0 Å². The van der Waals surface area contributed by atoms with Crippen LogP contribution in [-0.2, 0) is 0 Å². The number of aliphatic hydroxyl groups excluding tert-OH is 1. The Balaban J connectivity index is 2.07. The van der Waals surface area contributed by atoms with Gasteiger partial charge in [0, 0.05) is 19.1 Å². The van der Waals surface area contributed by atoms with Crippen molar-refractivity contribution in [2.75, 3.05) is 13.2 Å². The van der Waals surface area contributed by atoms with Gasteiger partial charge in [0.25, 0.3) is 5.75 Å². The first kappa shape index (κ1) is 19.8. The Morgan fingerprint density at radius 3 is 2.81 bits per heavy atom. The Bertz CT molecular complexity index is 778. The van der Waals surface area contributed by atoms with Crippen LogP contribution in [0.2, 0.25) is 0 Å². The molecule has 0 atom stereocenters. The maximum atomic E-state index is 12.1. The van der Waals surface area contributed by atoms with Gasteiger partial charge in [-0.3, -0.25) is 0 Å². The maximum absolute atomic E-state index is 12.1. The highest BCUT2D eigenvalue weighted by Crippen LogP contribution is 2.33. The minimum absolute atomic E-state index is 0.0380. The normalized spacial score (nSPS) is 11.3. The molecule has 6 heteroatoms. The number of allylic oxidation sites excluding steroid dienone is 1. The molecule has 0 unspecified atom stereocenters. The molecule has 0 saturated heterocycles. The van der Waals surface area contributed by atoms with Crippen molar-refractivity contribution < 1.29 is 24.1 Å². The minimum atomic E-state index is -0.752. The summed E-state index contributed by atoms with van der Waals surface area (Å²) >= 11 is 0. The van der Waals surface area contributed by atoms with Crippen molar-refractivity contribution in [1.29, 1.82) is 0 Å². The highest BCUT2D eigenvalue weighted by molar-refractivity contribution is 5.86. The van der Waals surface area contributed by atoms with E-state index in [9.17, 15) is 9.90 Å². The molecule has 0 bridgehead atoms. The molecule has 1 aromatic heterocycles. The topological polar surface area (TPSA) is 89.1 Å². The molecule has 0 saturated carbocycles. The molecule has 0 spiro atoms. The maximum Gasteiger partial charge on any atom is 0.383 e. The monoisotopic (exact) mass is 362 g/mol. The quantitative estimate of drug-likeness (QED) is 0.355. The molecule has 0 aliphatic heterocycles. The Kier molecular flexibility index (Phi) is 8.02. The molecule has 0 fully saturated rings. The van der Waals surface area contributed by atoms with E-state index in [-0.39, 0.29) is 23.7 Å². The Morgan fingerprint density at radius 1 is 1.19 bits per heavy atom. The van der Waals surface area contributed by atoms with Crippen molar-refractivity contribution in [3.05, 3.63) is 41.0 Å². The zero-order valence-electron chi connectivity index (χ0n) is 15.1. The molecule has 1 heterocycles. The lowest BCUT2D eigenvalue weighted by atomic mass is 10.1. The molecule has 6 nitrogen and oxygen atoms in total. The van der Waals surface area contributed by atoms with Gasteiger partial charge >= 0.3 is 5.63 Å². The summed E-state index contributed by atoms with van der Waals surface area (Å²) in [7, 11) is 0. The van der Waals surface area contributed by atoms with Crippen molar-refractivity contribution in [2.45, 2.75) is 45.4 Å². The van der Waals surface area contributed by atoms with E-state index >= 15 is 0 Å². The average molecular weight is 362 g/mol. The molecule has 0 aliphatic rings. The molecule has 26 heavy (non-hydrogen) atoms. The third-order valence-electron chi connectivity index (χ3n) is 3.89. The van der Waals surface area contributed by atoms with E-state index in [0.29, 0.717) is 24.2 Å². The van der Waals surface area contributed by atoms with Crippen LogP contribution in [0, 0.1) is 0 Å². The first-order valence-electron chi connectivity index (χ1n) is 9.02. The summed E-state index contributed by atoms with van der Waals surface area (Å²) in [4.78, 5) is 12.1. The number of aliphatic hydroxyl groups is 1. The lowest BCUT2D eigenvalue weighted by Gasteiger charge is -2.08. The van der Waals surface area contributed by atoms with Gasteiger partial charge in [0.05, 0.1) is 18.3 Å². The number of fused-ring (bicyclic) bond motifs is 1. The summed E-state index contributed by atoms with van der Waals surface area (Å²) in [6.07, 6.45) is 9.21. The van der Waals surface area contributed by atoms with Gasteiger partial charge in [0.1, 0.15) is 11.3 Å². The number of rotatable bonds is 11. The molecule has 1 aromatic carbocycles. The molecule has 2 rings (SSSR count). The Labute approximate surface area is 152 Å². The van der Waals surface area contributed by atoms with Gasteiger partial charge in [-0.1, -0.05) is 26.2 Å². The molecular formula is C20H26O6. The lowest BCUT2D eigenvalue weighted by molar-refractivity contribution is 0.233.